The maximum absolute atomic E-state index is 11.3. The van der Waals surface area contributed by atoms with E-state index in [1.54, 1.807) is 20.8 Å². The molecule has 1 saturated heterocycles. The van der Waals surface area contributed by atoms with Crippen LogP contribution in [-0.4, -0.2) is 30.2 Å². The second-order valence-corrected chi connectivity index (χ2v) is 5.00. The SMILES string of the molecule is CC(C)(C)OC(=O)NCC1CC(=O)OC(=O)C1. The molecule has 6 nitrogen and oxygen atoms in total. The minimum Gasteiger partial charge on any atom is -0.444 e. The summed E-state index contributed by atoms with van der Waals surface area (Å²) < 4.78 is 9.41. The van der Waals surface area contributed by atoms with Crippen molar-refractivity contribution in [2.75, 3.05) is 6.54 Å². The summed E-state index contributed by atoms with van der Waals surface area (Å²) in [5, 5.41) is 2.53. The first-order chi connectivity index (χ1) is 7.76. The van der Waals surface area contributed by atoms with Crippen LogP contribution in [0, 0.1) is 5.92 Å². The van der Waals surface area contributed by atoms with E-state index in [9.17, 15) is 14.4 Å². The predicted molar refractivity (Wildman–Crippen MR) is 58.1 cm³/mol. The molecule has 0 aromatic rings. The van der Waals surface area contributed by atoms with Gasteiger partial charge in [0, 0.05) is 6.54 Å². The molecule has 1 aliphatic heterocycles. The summed E-state index contributed by atoms with van der Waals surface area (Å²) in [5.41, 5.74) is -0.564. The quantitative estimate of drug-likeness (QED) is 0.577. The van der Waals surface area contributed by atoms with Crippen molar-refractivity contribution in [2.24, 2.45) is 5.92 Å². The van der Waals surface area contributed by atoms with Crippen molar-refractivity contribution in [2.45, 2.75) is 39.2 Å². The molecule has 1 amide bonds. The van der Waals surface area contributed by atoms with Crippen molar-refractivity contribution in [3.8, 4) is 0 Å². The van der Waals surface area contributed by atoms with Gasteiger partial charge in [-0.15, -0.1) is 0 Å². The van der Waals surface area contributed by atoms with Crippen LogP contribution in [0.4, 0.5) is 4.79 Å². The van der Waals surface area contributed by atoms with E-state index in [2.05, 4.69) is 10.1 Å². The van der Waals surface area contributed by atoms with Crippen LogP contribution in [0.5, 0.6) is 0 Å². The average Bonchev–Trinajstić information content (AvgIpc) is 2.10. The molecule has 0 atom stereocenters. The summed E-state index contributed by atoms with van der Waals surface area (Å²) >= 11 is 0. The minimum atomic E-state index is -0.564. The van der Waals surface area contributed by atoms with Gasteiger partial charge in [0.2, 0.25) is 0 Å². The molecular formula is C11H17NO5. The largest absolute Gasteiger partial charge is 0.444 e. The highest BCUT2D eigenvalue weighted by atomic mass is 16.6. The molecule has 1 N–H and O–H groups in total. The van der Waals surface area contributed by atoms with Crippen LogP contribution in [0.1, 0.15) is 33.6 Å². The summed E-state index contributed by atoms with van der Waals surface area (Å²) in [6, 6.07) is 0. The van der Waals surface area contributed by atoms with Crippen molar-refractivity contribution in [3.63, 3.8) is 0 Å². The molecule has 96 valence electrons. The number of hydrogen-bond acceptors (Lipinski definition) is 5. The third-order valence-electron chi connectivity index (χ3n) is 2.07. The molecule has 0 bridgehead atoms. The van der Waals surface area contributed by atoms with Crippen LogP contribution in [0.25, 0.3) is 0 Å². The number of rotatable bonds is 2. The van der Waals surface area contributed by atoms with Crippen molar-refractivity contribution < 1.29 is 23.9 Å². The molecular weight excluding hydrogens is 226 g/mol. The van der Waals surface area contributed by atoms with Crippen LogP contribution in [0.2, 0.25) is 0 Å². The highest BCUT2D eigenvalue weighted by Gasteiger charge is 2.27. The Kier molecular flexibility index (Phi) is 4.09. The number of nitrogens with one attached hydrogen (secondary N) is 1. The number of hydrogen-bond donors (Lipinski definition) is 1. The van der Waals surface area contributed by atoms with Gasteiger partial charge in [0.15, 0.2) is 0 Å². The summed E-state index contributed by atoms with van der Waals surface area (Å²) in [6.07, 6.45) is -0.271. The standard InChI is InChI=1S/C11H17NO5/c1-11(2,3)17-10(15)12-6-7-4-8(13)16-9(14)5-7/h7H,4-6H2,1-3H3,(H,12,15). The van der Waals surface area contributed by atoms with E-state index in [0.717, 1.165) is 0 Å². The van der Waals surface area contributed by atoms with E-state index in [1.807, 2.05) is 0 Å². The Morgan fingerprint density at radius 1 is 1.35 bits per heavy atom. The number of ether oxygens (including phenoxy) is 2. The van der Waals surface area contributed by atoms with Gasteiger partial charge in [0.05, 0.1) is 12.8 Å². The number of carbonyl (C=O) groups excluding carboxylic acids is 3. The second kappa shape index (κ2) is 5.16. The average molecular weight is 243 g/mol. The Morgan fingerprint density at radius 2 is 1.88 bits per heavy atom. The maximum Gasteiger partial charge on any atom is 0.407 e. The maximum atomic E-state index is 11.3. The second-order valence-electron chi connectivity index (χ2n) is 5.00. The zero-order valence-corrected chi connectivity index (χ0v) is 10.2. The molecule has 1 rings (SSSR count). The zero-order valence-electron chi connectivity index (χ0n) is 10.2. The molecule has 0 radical (unpaired) electrons. The molecule has 0 unspecified atom stereocenters. The van der Waals surface area contributed by atoms with Crippen LogP contribution < -0.4 is 5.32 Å². The first-order valence-corrected chi connectivity index (χ1v) is 5.46. The van der Waals surface area contributed by atoms with E-state index in [4.69, 9.17) is 4.74 Å². The summed E-state index contributed by atoms with van der Waals surface area (Å²) in [6.45, 7) is 5.51. The van der Waals surface area contributed by atoms with Gasteiger partial charge in [0.25, 0.3) is 0 Å². The molecule has 1 fully saturated rings. The van der Waals surface area contributed by atoms with Gasteiger partial charge in [-0.2, -0.15) is 0 Å². The molecule has 0 spiro atoms. The van der Waals surface area contributed by atoms with E-state index < -0.39 is 23.6 Å². The number of amides is 1. The molecule has 17 heavy (non-hydrogen) atoms. The Hall–Kier alpha value is -1.59. The third kappa shape index (κ3) is 5.33. The van der Waals surface area contributed by atoms with Gasteiger partial charge < -0.3 is 14.8 Å². The number of cyclic esters (lactones) is 2. The fourth-order valence-electron chi connectivity index (χ4n) is 1.44. The van der Waals surface area contributed by atoms with Gasteiger partial charge in [-0.1, -0.05) is 0 Å². The molecule has 1 aliphatic rings. The van der Waals surface area contributed by atoms with Crippen molar-refractivity contribution >= 4 is 18.0 Å². The Labute approximate surface area is 99.6 Å². The minimum absolute atomic E-state index is 0.140. The smallest absolute Gasteiger partial charge is 0.407 e. The topological polar surface area (TPSA) is 81.7 Å². The van der Waals surface area contributed by atoms with Crippen molar-refractivity contribution in [1.29, 1.82) is 0 Å². The fraction of sp³-hybridized carbons (Fsp3) is 0.727. The van der Waals surface area contributed by atoms with E-state index in [0.29, 0.717) is 0 Å². The van der Waals surface area contributed by atoms with Gasteiger partial charge in [-0.3, -0.25) is 9.59 Å². The van der Waals surface area contributed by atoms with E-state index in [1.165, 1.54) is 0 Å². The summed E-state index contributed by atoms with van der Waals surface area (Å²) in [5.74, 6) is -1.30. The van der Waals surface area contributed by atoms with Crippen LogP contribution in [0.15, 0.2) is 0 Å². The number of alkyl carbamates (subject to hydrolysis) is 1. The third-order valence-corrected chi connectivity index (χ3v) is 2.07. The summed E-state index contributed by atoms with van der Waals surface area (Å²) in [7, 11) is 0. The first kappa shape index (κ1) is 13.5. The number of esters is 2. The highest BCUT2D eigenvalue weighted by molar-refractivity contribution is 5.88. The van der Waals surface area contributed by atoms with Crippen LogP contribution in [-0.2, 0) is 19.1 Å². The lowest BCUT2D eigenvalue weighted by Crippen LogP contribution is -2.38. The molecule has 0 saturated carbocycles. The number of carbonyl (C=O) groups is 3. The first-order valence-electron chi connectivity index (χ1n) is 5.46. The Balaban J connectivity index is 2.33. The van der Waals surface area contributed by atoms with Crippen molar-refractivity contribution in [1.82, 2.24) is 5.32 Å². The predicted octanol–water partition coefficient (Wildman–Crippen LogP) is 0.991. The van der Waals surface area contributed by atoms with Crippen molar-refractivity contribution in [3.05, 3.63) is 0 Å². The van der Waals surface area contributed by atoms with E-state index in [-0.39, 0.29) is 25.3 Å². The lowest BCUT2D eigenvalue weighted by atomic mass is 10.00. The van der Waals surface area contributed by atoms with Gasteiger partial charge in [-0.05, 0) is 26.7 Å². The Bertz CT molecular complexity index is 315. The lowest BCUT2D eigenvalue weighted by molar-refractivity contribution is -0.165. The highest BCUT2D eigenvalue weighted by Crippen LogP contribution is 2.16. The van der Waals surface area contributed by atoms with Gasteiger partial charge in [0.1, 0.15) is 5.60 Å². The molecule has 0 aromatic carbocycles. The normalized spacial score (nSPS) is 17.6. The molecule has 6 heteroatoms. The molecule has 0 aliphatic carbocycles. The zero-order chi connectivity index (χ0) is 13.1. The van der Waals surface area contributed by atoms with Gasteiger partial charge >= 0.3 is 18.0 Å². The van der Waals surface area contributed by atoms with Crippen LogP contribution >= 0.6 is 0 Å². The molecule has 0 aromatic heterocycles. The van der Waals surface area contributed by atoms with Crippen LogP contribution in [0.3, 0.4) is 0 Å². The monoisotopic (exact) mass is 243 g/mol. The summed E-state index contributed by atoms with van der Waals surface area (Å²) in [4.78, 5) is 33.3. The Morgan fingerprint density at radius 3 is 2.35 bits per heavy atom. The lowest BCUT2D eigenvalue weighted by Gasteiger charge is -2.22. The van der Waals surface area contributed by atoms with E-state index >= 15 is 0 Å². The van der Waals surface area contributed by atoms with Gasteiger partial charge in [-0.25, -0.2) is 4.79 Å². The molecule has 1 heterocycles. The fourth-order valence-corrected chi connectivity index (χ4v) is 1.44.